The molecule has 1 aromatic carbocycles. The summed E-state index contributed by atoms with van der Waals surface area (Å²) in [5.41, 5.74) is 8.74. The van der Waals surface area contributed by atoms with Crippen LogP contribution in [0.1, 0.15) is 11.3 Å². The van der Waals surface area contributed by atoms with Crippen molar-refractivity contribution in [3.8, 4) is 0 Å². The summed E-state index contributed by atoms with van der Waals surface area (Å²) in [4.78, 5) is 4.26. The largest absolute Gasteiger partial charge is 0.399 e. The predicted molar refractivity (Wildman–Crippen MR) is 75.1 cm³/mol. The Morgan fingerprint density at radius 1 is 1.12 bits per heavy atom. The highest BCUT2D eigenvalue weighted by Crippen LogP contribution is 2.19. The Hall–Kier alpha value is -1.19. The molecule has 0 unspecified atom stereocenters. The lowest BCUT2D eigenvalue weighted by Crippen LogP contribution is -1.91. The summed E-state index contributed by atoms with van der Waals surface area (Å²) in [5.74, 6) is 1.82. The van der Waals surface area contributed by atoms with E-state index >= 15 is 0 Å². The van der Waals surface area contributed by atoms with E-state index in [9.17, 15) is 0 Å². The van der Waals surface area contributed by atoms with Gasteiger partial charge >= 0.3 is 0 Å². The smallest absolute Gasteiger partial charge is 0.0523 e. The van der Waals surface area contributed by atoms with Gasteiger partial charge in [0.25, 0.3) is 0 Å². The Morgan fingerprint density at radius 3 is 2.59 bits per heavy atom. The average Bonchev–Trinajstić information content (AvgIpc) is 2.32. The van der Waals surface area contributed by atoms with E-state index in [0.29, 0.717) is 0 Å². The number of nitrogens with zero attached hydrogens (tertiary/aromatic N) is 1. The van der Waals surface area contributed by atoms with Gasteiger partial charge < -0.3 is 5.73 Å². The second-order valence-electron chi connectivity index (χ2n) is 3.70. The molecule has 0 fully saturated rings. The average molecular weight is 265 g/mol. The number of hydrogen-bond donors (Lipinski definition) is 1. The topological polar surface area (TPSA) is 38.9 Å². The SMILES string of the molecule is Nc1ccnc(CSCc2ccc(Cl)cc2)c1. The van der Waals surface area contributed by atoms with Gasteiger partial charge in [0, 0.05) is 28.4 Å². The molecule has 0 atom stereocenters. The number of nitrogens with two attached hydrogens (primary N) is 1. The van der Waals surface area contributed by atoms with Crippen LogP contribution in [0, 0.1) is 0 Å². The van der Waals surface area contributed by atoms with E-state index in [1.54, 1.807) is 12.3 Å². The zero-order valence-electron chi connectivity index (χ0n) is 9.27. The molecule has 2 N–H and O–H groups in total. The zero-order chi connectivity index (χ0) is 12.1. The van der Waals surface area contributed by atoms with E-state index in [4.69, 9.17) is 17.3 Å². The molecule has 0 saturated carbocycles. The maximum atomic E-state index is 5.83. The molecule has 0 aliphatic rings. The van der Waals surface area contributed by atoms with Crippen LogP contribution in [0.2, 0.25) is 5.02 Å². The Kier molecular flexibility index (Phi) is 4.29. The van der Waals surface area contributed by atoms with Gasteiger partial charge in [-0.2, -0.15) is 11.8 Å². The van der Waals surface area contributed by atoms with Crippen molar-refractivity contribution in [3.63, 3.8) is 0 Å². The van der Waals surface area contributed by atoms with E-state index < -0.39 is 0 Å². The fourth-order valence-electron chi connectivity index (χ4n) is 1.43. The van der Waals surface area contributed by atoms with Crippen molar-refractivity contribution in [1.29, 1.82) is 0 Å². The van der Waals surface area contributed by atoms with Crippen molar-refractivity contribution in [2.75, 3.05) is 5.73 Å². The molecular formula is C13H13ClN2S. The van der Waals surface area contributed by atoms with Crippen molar-refractivity contribution in [2.24, 2.45) is 0 Å². The highest BCUT2D eigenvalue weighted by Gasteiger charge is 1.97. The lowest BCUT2D eigenvalue weighted by Gasteiger charge is -2.03. The first kappa shape index (κ1) is 12.3. The number of benzene rings is 1. The number of hydrogen-bond acceptors (Lipinski definition) is 3. The molecule has 4 heteroatoms. The zero-order valence-corrected chi connectivity index (χ0v) is 10.8. The molecule has 17 heavy (non-hydrogen) atoms. The van der Waals surface area contributed by atoms with E-state index in [-0.39, 0.29) is 0 Å². The number of anilines is 1. The summed E-state index contributed by atoms with van der Waals surface area (Å²) in [6.45, 7) is 0. The fraction of sp³-hybridized carbons (Fsp3) is 0.154. The highest BCUT2D eigenvalue weighted by atomic mass is 35.5. The molecule has 88 valence electrons. The van der Waals surface area contributed by atoms with Crippen molar-refractivity contribution < 1.29 is 0 Å². The Balaban J connectivity index is 1.85. The number of rotatable bonds is 4. The normalized spacial score (nSPS) is 10.4. The quantitative estimate of drug-likeness (QED) is 0.914. The molecule has 0 radical (unpaired) electrons. The molecule has 0 bridgehead atoms. The summed E-state index contributed by atoms with van der Waals surface area (Å²) in [6.07, 6.45) is 1.74. The lowest BCUT2D eigenvalue weighted by atomic mass is 10.2. The molecule has 2 nitrogen and oxygen atoms in total. The van der Waals surface area contributed by atoms with Crippen LogP contribution >= 0.6 is 23.4 Å². The third-order valence-corrected chi connectivity index (χ3v) is 3.56. The van der Waals surface area contributed by atoms with E-state index in [2.05, 4.69) is 4.98 Å². The summed E-state index contributed by atoms with van der Waals surface area (Å²) in [6, 6.07) is 11.6. The molecule has 0 aliphatic carbocycles. The van der Waals surface area contributed by atoms with Crippen LogP contribution in [0.25, 0.3) is 0 Å². The number of nitrogen functional groups attached to an aromatic ring is 1. The Morgan fingerprint density at radius 2 is 1.88 bits per heavy atom. The summed E-state index contributed by atoms with van der Waals surface area (Å²) >= 11 is 7.64. The first-order valence-corrected chi connectivity index (χ1v) is 6.80. The minimum atomic E-state index is 0.766. The van der Waals surface area contributed by atoms with Crippen LogP contribution in [-0.4, -0.2) is 4.98 Å². The van der Waals surface area contributed by atoms with Crippen LogP contribution in [-0.2, 0) is 11.5 Å². The Bertz CT molecular complexity index is 485. The molecule has 2 rings (SSSR count). The monoisotopic (exact) mass is 264 g/mol. The van der Waals surface area contributed by atoms with Crippen molar-refractivity contribution in [1.82, 2.24) is 4.98 Å². The predicted octanol–water partition coefficient (Wildman–Crippen LogP) is 3.75. The molecule has 0 saturated heterocycles. The number of aromatic nitrogens is 1. The summed E-state index contributed by atoms with van der Waals surface area (Å²) < 4.78 is 0. The first-order chi connectivity index (χ1) is 8.24. The van der Waals surface area contributed by atoms with Gasteiger partial charge in [0.05, 0.1) is 5.69 Å². The molecule has 0 aliphatic heterocycles. The van der Waals surface area contributed by atoms with Gasteiger partial charge in [-0.1, -0.05) is 23.7 Å². The van der Waals surface area contributed by atoms with Crippen LogP contribution in [0.15, 0.2) is 42.6 Å². The molecule has 2 aromatic rings. The van der Waals surface area contributed by atoms with Crippen molar-refractivity contribution >= 4 is 29.1 Å². The van der Waals surface area contributed by atoms with E-state index in [1.165, 1.54) is 5.56 Å². The number of thioether (sulfide) groups is 1. The van der Waals surface area contributed by atoms with Crippen LogP contribution in [0.3, 0.4) is 0 Å². The standard InChI is InChI=1S/C13H13ClN2S/c14-11-3-1-10(2-4-11)8-17-9-13-7-12(15)5-6-16-13/h1-7H,8-9H2,(H2,15,16). The van der Waals surface area contributed by atoms with E-state index in [0.717, 1.165) is 27.9 Å². The lowest BCUT2D eigenvalue weighted by molar-refractivity contribution is 1.17. The minimum Gasteiger partial charge on any atom is -0.399 e. The third-order valence-electron chi connectivity index (χ3n) is 2.27. The van der Waals surface area contributed by atoms with Gasteiger partial charge in [0.1, 0.15) is 0 Å². The molecule has 1 aromatic heterocycles. The third kappa shape index (κ3) is 3.95. The van der Waals surface area contributed by atoms with Gasteiger partial charge in [0.2, 0.25) is 0 Å². The molecular weight excluding hydrogens is 252 g/mol. The summed E-state index contributed by atoms with van der Waals surface area (Å²) in [7, 11) is 0. The van der Waals surface area contributed by atoms with Crippen LogP contribution in [0.5, 0.6) is 0 Å². The van der Waals surface area contributed by atoms with Gasteiger partial charge in [-0.05, 0) is 29.8 Å². The molecule has 0 spiro atoms. The Labute approximate surface area is 110 Å². The second-order valence-corrected chi connectivity index (χ2v) is 5.12. The van der Waals surface area contributed by atoms with Gasteiger partial charge in [0.15, 0.2) is 0 Å². The molecule has 0 amide bonds. The van der Waals surface area contributed by atoms with E-state index in [1.807, 2.05) is 42.1 Å². The second kappa shape index (κ2) is 5.94. The van der Waals surface area contributed by atoms with Gasteiger partial charge in [-0.3, -0.25) is 4.98 Å². The first-order valence-electron chi connectivity index (χ1n) is 5.26. The van der Waals surface area contributed by atoms with Crippen molar-refractivity contribution in [3.05, 3.63) is 58.9 Å². The summed E-state index contributed by atoms with van der Waals surface area (Å²) in [5, 5.41) is 0.774. The van der Waals surface area contributed by atoms with Crippen LogP contribution < -0.4 is 5.73 Å². The fourth-order valence-corrected chi connectivity index (χ4v) is 2.45. The maximum Gasteiger partial charge on any atom is 0.0523 e. The van der Waals surface area contributed by atoms with Crippen molar-refractivity contribution in [2.45, 2.75) is 11.5 Å². The maximum absolute atomic E-state index is 5.83. The van der Waals surface area contributed by atoms with Crippen LogP contribution in [0.4, 0.5) is 5.69 Å². The van der Waals surface area contributed by atoms with Gasteiger partial charge in [-0.25, -0.2) is 0 Å². The highest BCUT2D eigenvalue weighted by molar-refractivity contribution is 7.97. The van der Waals surface area contributed by atoms with Gasteiger partial charge in [-0.15, -0.1) is 0 Å². The minimum absolute atomic E-state index is 0.766. The molecule has 1 heterocycles. The number of pyridine rings is 1. The number of halogens is 1.